The fourth-order valence-electron chi connectivity index (χ4n) is 4.19. The summed E-state index contributed by atoms with van der Waals surface area (Å²) in [7, 11) is 5.13. The van der Waals surface area contributed by atoms with Crippen LogP contribution in [0.3, 0.4) is 0 Å². The van der Waals surface area contributed by atoms with Crippen molar-refractivity contribution in [3.63, 3.8) is 0 Å². The Kier molecular flexibility index (Phi) is 8.07. The second-order valence-corrected chi connectivity index (χ2v) is 10.4. The number of ether oxygens (including phenoxy) is 2. The van der Waals surface area contributed by atoms with Gasteiger partial charge in [-0.1, -0.05) is 35.3 Å². The molecule has 2 unspecified atom stereocenters. The summed E-state index contributed by atoms with van der Waals surface area (Å²) in [5, 5.41) is 0.262. The molecule has 0 spiro atoms. The molecule has 2 aliphatic heterocycles. The Bertz CT molecular complexity index is 1060. The smallest absolute Gasteiger partial charge is 0.264 e. The summed E-state index contributed by atoms with van der Waals surface area (Å²) in [5.41, 5.74) is 1.22. The second-order valence-electron chi connectivity index (χ2n) is 8.35. The molecule has 0 bridgehead atoms. The Morgan fingerprint density at radius 2 is 1.76 bits per heavy atom. The summed E-state index contributed by atoms with van der Waals surface area (Å²) >= 11 is 14.3. The monoisotopic (exact) mass is 523 g/mol. The van der Waals surface area contributed by atoms with Crippen LogP contribution in [0.1, 0.15) is 10.8 Å². The van der Waals surface area contributed by atoms with Gasteiger partial charge in [0.15, 0.2) is 6.10 Å². The molecule has 2 atom stereocenters. The van der Waals surface area contributed by atoms with Crippen LogP contribution >= 0.6 is 35.0 Å². The number of amides is 2. The lowest BCUT2D eigenvalue weighted by atomic mass is 10.1. The van der Waals surface area contributed by atoms with E-state index in [4.69, 9.17) is 32.7 Å². The second kappa shape index (κ2) is 10.8. The van der Waals surface area contributed by atoms with Gasteiger partial charge in [0.25, 0.3) is 5.91 Å². The molecule has 2 aromatic carbocycles. The number of carbonyl (C=O) groups excluding carboxylic acids is 2. The minimum atomic E-state index is -0.905. The Balaban J connectivity index is 1.74. The largest absolute Gasteiger partial charge is 0.497 e. The quantitative estimate of drug-likeness (QED) is 0.587. The number of anilines is 1. The molecule has 2 aliphatic rings. The number of methoxy groups -OCH3 is 2. The molecular formula is C24H27Cl2N3O4S. The van der Waals surface area contributed by atoms with Crippen molar-refractivity contribution >= 4 is 52.5 Å². The molecule has 34 heavy (non-hydrogen) atoms. The van der Waals surface area contributed by atoms with Crippen molar-refractivity contribution in [3.05, 3.63) is 52.0 Å². The van der Waals surface area contributed by atoms with Crippen molar-refractivity contribution in [2.75, 3.05) is 58.9 Å². The lowest BCUT2D eigenvalue weighted by molar-refractivity contribution is -0.133. The summed E-state index contributed by atoms with van der Waals surface area (Å²) in [6.45, 7) is 3.35. The van der Waals surface area contributed by atoms with Crippen molar-refractivity contribution in [2.45, 2.75) is 16.2 Å². The van der Waals surface area contributed by atoms with Crippen LogP contribution in [0.4, 0.5) is 5.69 Å². The van der Waals surface area contributed by atoms with Gasteiger partial charge < -0.3 is 14.4 Å². The summed E-state index contributed by atoms with van der Waals surface area (Å²) < 4.78 is 11.0. The Labute approximate surface area is 213 Å². The number of carbonyl (C=O) groups is 2. The van der Waals surface area contributed by atoms with E-state index >= 15 is 0 Å². The first kappa shape index (κ1) is 25.3. The number of piperazine rings is 1. The highest BCUT2D eigenvalue weighted by molar-refractivity contribution is 7.99. The predicted molar refractivity (Wildman–Crippen MR) is 135 cm³/mol. The van der Waals surface area contributed by atoms with Crippen LogP contribution in [0.2, 0.25) is 10.0 Å². The topological polar surface area (TPSA) is 62.3 Å². The molecule has 0 radical (unpaired) electrons. The van der Waals surface area contributed by atoms with E-state index in [1.807, 2.05) is 24.3 Å². The highest BCUT2D eigenvalue weighted by Crippen LogP contribution is 2.50. The highest BCUT2D eigenvalue weighted by atomic mass is 35.5. The minimum Gasteiger partial charge on any atom is -0.497 e. The number of imide groups is 1. The van der Waals surface area contributed by atoms with Crippen LogP contribution < -0.4 is 9.64 Å². The molecule has 182 valence electrons. The number of halogens is 2. The maximum Gasteiger partial charge on any atom is 0.264 e. The molecule has 10 heteroatoms. The molecule has 4 rings (SSSR count). The van der Waals surface area contributed by atoms with Gasteiger partial charge >= 0.3 is 0 Å². The van der Waals surface area contributed by atoms with Gasteiger partial charge in [-0.3, -0.25) is 14.5 Å². The van der Waals surface area contributed by atoms with Crippen LogP contribution in [-0.4, -0.2) is 81.7 Å². The third-order valence-corrected chi connectivity index (χ3v) is 7.96. The summed E-state index contributed by atoms with van der Waals surface area (Å²) in [6, 6.07) is 10.7. The molecular weight excluding hydrogens is 497 g/mol. The van der Waals surface area contributed by atoms with Crippen molar-refractivity contribution in [1.29, 1.82) is 0 Å². The first-order valence-electron chi connectivity index (χ1n) is 10.9. The zero-order valence-electron chi connectivity index (χ0n) is 19.3. The average Bonchev–Trinajstić information content (AvgIpc) is 2.94. The Morgan fingerprint density at radius 3 is 2.38 bits per heavy atom. The molecule has 0 N–H and O–H groups in total. The molecule has 0 aliphatic carbocycles. The summed E-state index contributed by atoms with van der Waals surface area (Å²) in [5.74, 6) is -0.0749. The van der Waals surface area contributed by atoms with Crippen LogP contribution in [-0.2, 0) is 14.3 Å². The highest BCUT2D eigenvalue weighted by Gasteiger charge is 2.42. The van der Waals surface area contributed by atoms with E-state index in [0.717, 1.165) is 31.7 Å². The molecule has 2 heterocycles. The van der Waals surface area contributed by atoms with E-state index in [1.54, 1.807) is 19.2 Å². The molecule has 7 nitrogen and oxygen atoms in total. The van der Waals surface area contributed by atoms with Crippen LogP contribution in [0.25, 0.3) is 0 Å². The van der Waals surface area contributed by atoms with E-state index in [9.17, 15) is 9.59 Å². The van der Waals surface area contributed by atoms with E-state index in [-0.39, 0.29) is 17.5 Å². The van der Waals surface area contributed by atoms with Crippen LogP contribution in [0.15, 0.2) is 41.3 Å². The van der Waals surface area contributed by atoms with Gasteiger partial charge in [-0.25, -0.2) is 4.90 Å². The molecule has 1 saturated heterocycles. The van der Waals surface area contributed by atoms with Crippen molar-refractivity contribution < 1.29 is 19.1 Å². The first-order valence-corrected chi connectivity index (χ1v) is 12.6. The zero-order valence-corrected chi connectivity index (χ0v) is 21.6. The first-order chi connectivity index (χ1) is 16.3. The molecule has 0 saturated carbocycles. The van der Waals surface area contributed by atoms with E-state index < -0.39 is 17.3 Å². The Morgan fingerprint density at radius 1 is 1.09 bits per heavy atom. The SMILES string of the molecule is COc1ccc(C2Sc3cc(Cl)cc(Cl)c3N(C(=O)CN3CCN(C)CC3)C(=O)C2OC)cc1. The number of hydrogen-bond acceptors (Lipinski definition) is 7. The number of benzene rings is 2. The van der Waals surface area contributed by atoms with Gasteiger partial charge in [0.05, 0.1) is 29.6 Å². The number of likely N-dealkylation sites (N-methyl/N-ethyl adjacent to an activating group) is 1. The average molecular weight is 524 g/mol. The summed E-state index contributed by atoms with van der Waals surface area (Å²) in [6.07, 6.45) is -0.905. The van der Waals surface area contributed by atoms with Gasteiger partial charge in [-0.15, -0.1) is 11.8 Å². The molecule has 2 aromatic rings. The standard InChI is InChI=1S/C24H27Cl2N3O4S/c1-27-8-10-28(11-9-27)14-20(30)29-21-18(26)12-16(25)13-19(21)34-23(22(33-3)24(29)31)15-4-6-17(32-2)7-5-15/h4-7,12-13,22-23H,8-11,14H2,1-3H3. The minimum absolute atomic E-state index is 0.117. The maximum atomic E-state index is 13.8. The van der Waals surface area contributed by atoms with Crippen LogP contribution in [0.5, 0.6) is 5.75 Å². The van der Waals surface area contributed by atoms with Crippen molar-refractivity contribution in [3.8, 4) is 5.75 Å². The lowest BCUT2D eigenvalue weighted by Gasteiger charge is -2.33. The van der Waals surface area contributed by atoms with Crippen molar-refractivity contribution in [2.24, 2.45) is 0 Å². The number of hydrogen-bond donors (Lipinski definition) is 0. The van der Waals surface area contributed by atoms with Crippen LogP contribution in [0, 0.1) is 0 Å². The zero-order chi connectivity index (χ0) is 24.4. The number of fused-ring (bicyclic) bond motifs is 1. The van der Waals surface area contributed by atoms with E-state index in [2.05, 4.69) is 16.8 Å². The van der Waals surface area contributed by atoms with Gasteiger partial charge in [0, 0.05) is 43.2 Å². The van der Waals surface area contributed by atoms with Gasteiger partial charge in [0.2, 0.25) is 5.91 Å². The predicted octanol–water partition coefficient (Wildman–Crippen LogP) is 3.97. The third kappa shape index (κ3) is 5.22. The fraction of sp³-hybridized carbons (Fsp3) is 0.417. The van der Waals surface area contributed by atoms with Crippen molar-refractivity contribution in [1.82, 2.24) is 9.80 Å². The normalized spacial score (nSPS) is 21.8. The van der Waals surface area contributed by atoms with Gasteiger partial charge in [0.1, 0.15) is 5.75 Å². The summed E-state index contributed by atoms with van der Waals surface area (Å²) in [4.78, 5) is 33.5. The number of nitrogens with zero attached hydrogens (tertiary/aromatic N) is 3. The third-order valence-electron chi connectivity index (χ3n) is 6.11. The molecule has 1 fully saturated rings. The number of thioether (sulfide) groups is 1. The lowest BCUT2D eigenvalue weighted by Crippen LogP contribution is -2.52. The van der Waals surface area contributed by atoms with E-state index in [0.29, 0.717) is 21.4 Å². The van der Waals surface area contributed by atoms with Gasteiger partial charge in [-0.2, -0.15) is 0 Å². The molecule has 0 aromatic heterocycles. The molecule has 2 amide bonds. The Hall–Kier alpha value is -1.81. The van der Waals surface area contributed by atoms with Gasteiger partial charge in [-0.05, 0) is 36.9 Å². The van der Waals surface area contributed by atoms with E-state index in [1.165, 1.54) is 23.8 Å². The number of rotatable bonds is 5. The fourth-order valence-corrected chi connectivity index (χ4v) is 6.32. The maximum absolute atomic E-state index is 13.8.